The van der Waals surface area contributed by atoms with E-state index in [9.17, 15) is 13.5 Å². The number of sulfone groups is 1. The minimum absolute atomic E-state index is 0.0590. The van der Waals surface area contributed by atoms with Crippen molar-refractivity contribution in [3.63, 3.8) is 0 Å². The third kappa shape index (κ3) is 2.29. The maximum atomic E-state index is 12.2. The highest BCUT2D eigenvalue weighted by atomic mass is 35.5. The summed E-state index contributed by atoms with van der Waals surface area (Å²) in [6.45, 7) is 1.55. The topological polar surface area (TPSA) is 80.4 Å². The van der Waals surface area contributed by atoms with E-state index in [0.717, 1.165) is 5.56 Å². The Bertz CT molecular complexity index is 552. The van der Waals surface area contributed by atoms with Gasteiger partial charge in [0.1, 0.15) is 0 Å². The summed E-state index contributed by atoms with van der Waals surface area (Å²) in [7, 11) is -3.24. The van der Waals surface area contributed by atoms with Crippen LogP contribution in [0.25, 0.3) is 0 Å². The van der Waals surface area contributed by atoms with Crippen molar-refractivity contribution in [2.45, 2.75) is 18.1 Å². The highest BCUT2D eigenvalue weighted by Gasteiger charge is 2.69. The Morgan fingerprint density at radius 2 is 1.95 bits per heavy atom. The Hall–Kier alpha value is -0.620. The van der Waals surface area contributed by atoms with Gasteiger partial charge in [-0.2, -0.15) is 0 Å². The van der Waals surface area contributed by atoms with Crippen molar-refractivity contribution in [3.8, 4) is 0 Å². The number of hydrogen-bond donors (Lipinski definition) is 2. The molecule has 106 valence electrons. The number of hydrogen-bond acceptors (Lipinski definition) is 4. The van der Waals surface area contributed by atoms with Crippen molar-refractivity contribution in [3.05, 3.63) is 34.9 Å². The van der Waals surface area contributed by atoms with Crippen LogP contribution in [0.15, 0.2) is 24.3 Å². The second kappa shape index (κ2) is 5.05. The molecule has 2 rings (SSSR count). The summed E-state index contributed by atoms with van der Waals surface area (Å²) >= 11 is 5.84. The van der Waals surface area contributed by atoms with Gasteiger partial charge in [-0.05, 0) is 17.7 Å². The van der Waals surface area contributed by atoms with Crippen molar-refractivity contribution in [1.82, 2.24) is 0 Å². The normalized spacial score (nSPS) is 30.3. The molecule has 0 unspecified atom stereocenters. The van der Waals surface area contributed by atoms with Gasteiger partial charge in [0.15, 0.2) is 9.84 Å². The molecule has 0 amide bonds. The van der Waals surface area contributed by atoms with Gasteiger partial charge < -0.3 is 10.8 Å². The first kappa shape index (κ1) is 14.8. The zero-order valence-corrected chi connectivity index (χ0v) is 12.3. The van der Waals surface area contributed by atoms with Crippen LogP contribution >= 0.6 is 11.6 Å². The Labute approximate surface area is 118 Å². The molecule has 1 fully saturated rings. The fraction of sp³-hybridized carbons (Fsp3) is 0.538. The van der Waals surface area contributed by atoms with Crippen LogP contribution in [0.1, 0.15) is 18.4 Å². The minimum Gasteiger partial charge on any atom is -0.396 e. The van der Waals surface area contributed by atoms with E-state index in [1.165, 1.54) is 0 Å². The first-order valence-corrected chi connectivity index (χ1v) is 8.30. The second-order valence-electron chi connectivity index (χ2n) is 5.00. The lowest BCUT2D eigenvalue weighted by Crippen LogP contribution is -2.28. The predicted molar refractivity (Wildman–Crippen MR) is 76.0 cm³/mol. The van der Waals surface area contributed by atoms with Gasteiger partial charge in [-0.1, -0.05) is 30.7 Å². The number of aliphatic hydroxyl groups is 1. The van der Waals surface area contributed by atoms with E-state index in [-0.39, 0.29) is 24.8 Å². The maximum absolute atomic E-state index is 12.2. The van der Waals surface area contributed by atoms with E-state index in [4.69, 9.17) is 17.3 Å². The quantitative estimate of drug-likeness (QED) is 0.856. The summed E-state index contributed by atoms with van der Waals surface area (Å²) in [5.74, 6) is -0.187. The first-order chi connectivity index (χ1) is 8.93. The molecular formula is C13H18ClNO3S. The molecule has 3 N–H and O–H groups in total. The zero-order valence-electron chi connectivity index (χ0n) is 10.7. The highest BCUT2D eigenvalue weighted by Crippen LogP contribution is 2.62. The number of halogens is 1. The molecule has 3 atom stereocenters. The third-order valence-electron chi connectivity index (χ3n) is 4.07. The van der Waals surface area contributed by atoms with Crippen LogP contribution in [-0.2, 0) is 9.84 Å². The van der Waals surface area contributed by atoms with Crippen molar-refractivity contribution in [2.24, 2.45) is 11.1 Å². The number of benzene rings is 1. The highest BCUT2D eigenvalue weighted by molar-refractivity contribution is 7.92. The van der Waals surface area contributed by atoms with Crippen LogP contribution in [0.4, 0.5) is 0 Å². The molecule has 0 heterocycles. The summed E-state index contributed by atoms with van der Waals surface area (Å²) in [4.78, 5) is 0. The van der Waals surface area contributed by atoms with E-state index in [2.05, 4.69) is 0 Å². The molecule has 4 nitrogen and oxygen atoms in total. The third-order valence-corrected chi connectivity index (χ3v) is 6.64. The predicted octanol–water partition coefficient (Wildman–Crippen LogP) is 1.18. The Kier molecular flexibility index (Phi) is 3.93. The lowest BCUT2D eigenvalue weighted by Gasteiger charge is -2.11. The van der Waals surface area contributed by atoms with E-state index in [0.29, 0.717) is 5.02 Å². The SMILES string of the molecule is CCS(=O)(=O)[C@H]1[C@H](c2ccc(Cl)cc2)[C@@]1(CN)CO. The minimum atomic E-state index is -3.24. The molecule has 0 bridgehead atoms. The molecule has 0 aromatic heterocycles. The van der Waals surface area contributed by atoms with Gasteiger partial charge in [0.05, 0.1) is 11.9 Å². The molecule has 1 aromatic carbocycles. The van der Waals surface area contributed by atoms with E-state index < -0.39 is 20.5 Å². The Balaban J connectivity index is 2.42. The van der Waals surface area contributed by atoms with Gasteiger partial charge in [-0.15, -0.1) is 0 Å². The van der Waals surface area contributed by atoms with Crippen molar-refractivity contribution in [2.75, 3.05) is 18.9 Å². The fourth-order valence-electron chi connectivity index (χ4n) is 2.87. The van der Waals surface area contributed by atoms with Gasteiger partial charge in [0.2, 0.25) is 0 Å². The van der Waals surface area contributed by atoms with E-state index >= 15 is 0 Å². The van der Waals surface area contributed by atoms with Gasteiger partial charge in [-0.3, -0.25) is 0 Å². The first-order valence-electron chi connectivity index (χ1n) is 6.21. The molecule has 0 radical (unpaired) electrons. The van der Waals surface area contributed by atoms with Crippen molar-refractivity contribution < 1.29 is 13.5 Å². The smallest absolute Gasteiger partial charge is 0.154 e. The maximum Gasteiger partial charge on any atom is 0.154 e. The molecule has 1 saturated carbocycles. The average molecular weight is 304 g/mol. The summed E-state index contributed by atoms with van der Waals surface area (Å²) in [5.41, 5.74) is 5.85. The standard InChI is InChI=1S/C13H18ClNO3S/c1-2-19(17,18)12-11(13(12,7-15)8-16)9-3-5-10(14)6-4-9/h3-6,11-12,16H,2,7-8,15H2,1H3/t11-,12-,13+/m0/s1. The molecule has 1 aromatic rings. The van der Waals surface area contributed by atoms with Crippen molar-refractivity contribution in [1.29, 1.82) is 0 Å². The van der Waals surface area contributed by atoms with Crippen LogP contribution in [0.3, 0.4) is 0 Å². The molecule has 0 spiro atoms. The van der Waals surface area contributed by atoms with Crippen LogP contribution in [0.5, 0.6) is 0 Å². The van der Waals surface area contributed by atoms with Crippen LogP contribution < -0.4 is 5.73 Å². The largest absolute Gasteiger partial charge is 0.396 e. The zero-order chi connectivity index (χ0) is 14.3. The molecule has 19 heavy (non-hydrogen) atoms. The molecule has 1 aliphatic carbocycles. The number of rotatable bonds is 5. The summed E-state index contributed by atoms with van der Waals surface area (Å²) in [6.07, 6.45) is 0. The lowest BCUT2D eigenvalue weighted by molar-refractivity contribution is 0.212. The van der Waals surface area contributed by atoms with Gasteiger partial charge in [-0.25, -0.2) is 8.42 Å². The Morgan fingerprint density at radius 3 is 2.37 bits per heavy atom. The van der Waals surface area contributed by atoms with Gasteiger partial charge >= 0.3 is 0 Å². The monoisotopic (exact) mass is 303 g/mol. The van der Waals surface area contributed by atoms with Gasteiger partial charge in [0, 0.05) is 28.7 Å². The molecule has 0 saturated heterocycles. The van der Waals surface area contributed by atoms with Crippen molar-refractivity contribution >= 4 is 21.4 Å². The van der Waals surface area contributed by atoms with Crippen LogP contribution in [0, 0.1) is 5.41 Å². The molecule has 6 heteroatoms. The summed E-state index contributed by atoms with van der Waals surface area (Å²) in [5, 5.41) is 9.60. The molecule has 1 aliphatic rings. The number of aliphatic hydroxyl groups excluding tert-OH is 1. The summed E-state index contributed by atoms with van der Waals surface area (Å²) in [6, 6.07) is 7.06. The molecule has 0 aliphatic heterocycles. The second-order valence-corrected chi connectivity index (χ2v) is 7.84. The summed E-state index contributed by atoms with van der Waals surface area (Å²) < 4.78 is 24.3. The van der Waals surface area contributed by atoms with Crippen LogP contribution in [0.2, 0.25) is 5.02 Å². The average Bonchev–Trinajstić information content (AvgIpc) is 3.10. The lowest BCUT2D eigenvalue weighted by atomic mass is 10.0. The Morgan fingerprint density at radius 1 is 1.37 bits per heavy atom. The van der Waals surface area contributed by atoms with E-state index in [1.54, 1.807) is 31.2 Å². The number of nitrogens with two attached hydrogens (primary N) is 1. The van der Waals surface area contributed by atoms with Crippen LogP contribution in [-0.4, -0.2) is 37.7 Å². The molecular weight excluding hydrogens is 286 g/mol. The van der Waals surface area contributed by atoms with E-state index in [1.807, 2.05) is 0 Å². The fourth-order valence-corrected chi connectivity index (χ4v) is 5.15. The van der Waals surface area contributed by atoms with Gasteiger partial charge in [0.25, 0.3) is 0 Å².